The summed E-state index contributed by atoms with van der Waals surface area (Å²) in [5.41, 5.74) is 9.58. The quantitative estimate of drug-likeness (QED) is 0.271. The minimum atomic E-state index is -0.393. The summed E-state index contributed by atoms with van der Waals surface area (Å²) in [6, 6.07) is 15.1. The van der Waals surface area contributed by atoms with Crippen molar-refractivity contribution in [2.45, 2.75) is 51.1 Å². The fourth-order valence-corrected chi connectivity index (χ4v) is 5.57. The Labute approximate surface area is 264 Å². The number of nitrogen functional groups attached to an aromatic ring is 1. The monoisotopic (exact) mass is 612 g/mol. The topological polar surface area (TPSA) is 137 Å². The molecule has 1 fully saturated rings. The average Bonchev–Trinajstić information content (AvgIpc) is 3.38. The molecule has 1 saturated heterocycles. The van der Waals surface area contributed by atoms with Crippen molar-refractivity contribution in [2.75, 3.05) is 57.2 Å². The van der Waals surface area contributed by atoms with Crippen LogP contribution in [0.3, 0.4) is 0 Å². The molecule has 0 saturated carbocycles. The lowest BCUT2D eigenvalue weighted by Crippen LogP contribution is -2.48. The summed E-state index contributed by atoms with van der Waals surface area (Å²) >= 11 is 0. The normalized spacial score (nSPS) is 16.1. The van der Waals surface area contributed by atoms with E-state index in [0.717, 1.165) is 30.6 Å². The first kappa shape index (κ1) is 31.7. The van der Waals surface area contributed by atoms with Crippen molar-refractivity contribution in [3.63, 3.8) is 0 Å². The van der Waals surface area contributed by atoms with Gasteiger partial charge in [0.1, 0.15) is 11.9 Å². The van der Waals surface area contributed by atoms with Crippen LogP contribution in [0.2, 0.25) is 0 Å². The zero-order valence-corrected chi connectivity index (χ0v) is 27.2. The van der Waals surface area contributed by atoms with E-state index in [0.29, 0.717) is 35.6 Å². The summed E-state index contributed by atoms with van der Waals surface area (Å²) in [5, 5.41) is 6.58. The van der Waals surface area contributed by atoms with Gasteiger partial charge in [-0.15, -0.1) is 0 Å². The highest BCUT2D eigenvalue weighted by atomic mass is 16.2. The SMILES string of the molecule is CN(C)C(=O)C(c1ccc(Nc2nc(N3CCC[C@H](NC(=O)c4ccc(C(C)(C)C)cc4)C3)nc3nc(N)cn23)cc1)N(C)C. The molecule has 0 bridgehead atoms. The second kappa shape index (κ2) is 12.7. The third kappa shape index (κ3) is 7.17. The molecule has 4 aromatic rings. The summed E-state index contributed by atoms with van der Waals surface area (Å²) in [6.45, 7) is 7.79. The summed E-state index contributed by atoms with van der Waals surface area (Å²) < 4.78 is 1.72. The summed E-state index contributed by atoms with van der Waals surface area (Å²) in [5.74, 6) is 1.68. The first-order valence-corrected chi connectivity index (χ1v) is 15.2. The molecule has 45 heavy (non-hydrogen) atoms. The first-order chi connectivity index (χ1) is 21.3. The minimum absolute atomic E-state index is 0.00576. The first-order valence-electron chi connectivity index (χ1n) is 15.2. The van der Waals surface area contributed by atoms with Crippen LogP contribution in [0.1, 0.15) is 61.1 Å². The number of likely N-dealkylation sites (N-methyl/N-ethyl adjacent to an activating group) is 2. The van der Waals surface area contributed by atoms with Crippen LogP contribution in [0.5, 0.6) is 0 Å². The number of benzene rings is 2. The fraction of sp³-hybridized carbons (Fsp3) is 0.424. The van der Waals surface area contributed by atoms with E-state index in [4.69, 9.17) is 15.7 Å². The number of hydrogen-bond donors (Lipinski definition) is 3. The lowest BCUT2D eigenvalue weighted by molar-refractivity contribution is -0.133. The number of nitrogens with zero attached hydrogens (tertiary/aromatic N) is 7. The molecule has 0 radical (unpaired) electrons. The van der Waals surface area contributed by atoms with Crippen LogP contribution in [0.4, 0.5) is 23.4 Å². The Hall–Kier alpha value is -4.71. The number of carbonyl (C=O) groups excluding carboxylic acids is 2. The number of fused-ring (bicyclic) bond motifs is 1. The van der Waals surface area contributed by atoms with Gasteiger partial charge in [0.15, 0.2) is 0 Å². The average molecular weight is 613 g/mol. The van der Waals surface area contributed by atoms with E-state index < -0.39 is 6.04 Å². The Bertz CT molecular complexity index is 1660. The number of nitrogens with two attached hydrogens (primary N) is 1. The van der Waals surface area contributed by atoms with Gasteiger partial charge in [-0.3, -0.25) is 18.9 Å². The minimum Gasteiger partial charge on any atom is -0.382 e. The number of carbonyl (C=O) groups is 2. The number of nitrogens with one attached hydrogen (secondary N) is 2. The fourth-order valence-electron chi connectivity index (χ4n) is 5.57. The number of anilines is 4. The van der Waals surface area contributed by atoms with Gasteiger partial charge in [0.05, 0.1) is 6.20 Å². The van der Waals surface area contributed by atoms with Gasteiger partial charge in [0, 0.05) is 44.5 Å². The molecule has 12 nitrogen and oxygen atoms in total. The molecule has 1 aliphatic rings. The van der Waals surface area contributed by atoms with Gasteiger partial charge in [-0.2, -0.15) is 15.0 Å². The van der Waals surface area contributed by atoms with Gasteiger partial charge in [-0.1, -0.05) is 45.0 Å². The van der Waals surface area contributed by atoms with E-state index in [1.807, 2.05) is 67.5 Å². The van der Waals surface area contributed by atoms with Crippen molar-refractivity contribution < 1.29 is 9.59 Å². The van der Waals surface area contributed by atoms with Crippen LogP contribution in [-0.2, 0) is 10.2 Å². The van der Waals surface area contributed by atoms with Gasteiger partial charge >= 0.3 is 0 Å². The van der Waals surface area contributed by atoms with Crippen LogP contribution < -0.4 is 21.3 Å². The molecule has 12 heteroatoms. The van der Waals surface area contributed by atoms with E-state index in [9.17, 15) is 9.59 Å². The molecule has 0 spiro atoms. The van der Waals surface area contributed by atoms with Crippen molar-refractivity contribution in [2.24, 2.45) is 0 Å². The smallest absolute Gasteiger partial charge is 0.251 e. The van der Waals surface area contributed by atoms with Crippen molar-refractivity contribution in [1.29, 1.82) is 0 Å². The van der Waals surface area contributed by atoms with Gasteiger partial charge in [-0.25, -0.2) is 0 Å². The lowest BCUT2D eigenvalue weighted by atomic mass is 9.86. The predicted octanol–water partition coefficient (Wildman–Crippen LogP) is 3.84. The molecule has 1 unspecified atom stereocenters. The van der Waals surface area contributed by atoms with Crippen molar-refractivity contribution in [1.82, 2.24) is 34.5 Å². The molecule has 5 rings (SSSR count). The maximum Gasteiger partial charge on any atom is 0.251 e. The Balaban J connectivity index is 1.34. The number of aromatic nitrogens is 4. The Morgan fingerprint density at radius 2 is 1.67 bits per heavy atom. The highest BCUT2D eigenvalue weighted by molar-refractivity contribution is 5.94. The molecule has 1 aliphatic heterocycles. The van der Waals surface area contributed by atoms with Crippen LogP contribution in [0, 0.1) is 0 Å². The lowest BCUT2D eigenvalue weighted by Gasteiger charge is -2.33. The van der Waals surface area contributed by atoms with E-state index in [1.54, 1.807) is 29.6 Å². The highest BCUT2D eigenvalue weighted by Gasteiger charge is 2.26. The number of hydrogen-bond acceptors (Lipinski definition) is 9. The summed E-state index contributed by atoms with van der Waals surface area (Å²) in [6.07, 6.45) is 3.42. The highest BCUT2D eigenvalue weighted by Crippen LogP contribution is 2.26. The molecule has 2 aromatic carbocycles. The summed E-state index contributed by atoms with van der Waals surface area (Å²) in [4.78, 5) is 45.4. The number of rotatable bonds is 8. The standard InChI is InChI=1S/C33H44N10O2/c1-33(2,3)23-14-10-22(11-15-23)28(44)35-25-9-8-18-42(19-25)30-38-31(43-20-26(34)37-32(43)39-30)36-24-16-12-21(13-17-24)27(40(4)5)29(45)41(6)7/h10-17,20,25,27H,8-9,18-19,34H2,1-7H3,(H,35,44)(H,36,37,38,39)/t25-,27?/m0/s1. The maximum atomic E-state index is 13.1. The molecule has 2 atom stereocenters. The molecule has 2 aromatic heterocycles. The van der Waals surface area contributed by atoms with Gasteiger partial charge < -0.3 is 26.2 Å². The van der Waals surface area contributed by atoms with Gasteiger partial charge in [-0.05, 0) is 67.7 Å². The third-order valence-corrected chi connectivity index (χ3v) is 8.07. The van der Waals surface area contributed by atoms with Crippen molar-refractivity contribution in [3.05, 3.63) is 71.4 Å². The van der Waals surface area contributed by atoms with Crippen LogP contribution in [0.15, 0.2) is 54.7 Å². The van der Waals surface area contributed by atoms with Crippen LogP contribution >= 0.6 is 0 Å². The van der Waals surface area contributed by atoms with Crippen molar-refractivity contribution in [3.8, 4) is 0 Å². The molecule has 3 heterocycles. The Morgan fingerprint density at radius 3 is 2.29 bits per heavy atom. The number of amides is 2. The van der Waals surface area contributed by atoms with E-state index in [2.05, 4.69) is 41.3 Å². The molecule has 0 aliphatic carbocycles. The molecule has 238 valence electrons. The Morgan fingerprint density at radius 1 is 0.978 bits per heavy atom. The summed E-state index contributed by atoms with van der Waals surface area (Å²) in [7, 11) is 7.30. The third-order valence-electron chi connectivity index (χ3n) is 8.07. The van der Waals surface area contributed by atoms with E-state index >= 15 is 0 Å². The predicted molar refractivity (Wildman–Crippen MR) is 178 cm³/mol. The maximum absolute atomic E-state index is 13.1. The Kier molecular flexibility index (Phi) is 8.96. The van der Waals surface area contributed by atoms with E-state index in [1.165, 1.54) is 5.56 Å². The molecular formula is C33H44N10O2. The largest absolute Gasteiger partial charge is 0.382 e. The zero-order chi connectivity index (χ0) is 32.5. The van der Waals surface area contributed by atoms with Crippen LogP contribution in [0.25, 0.3) is 5.78 Å². The second-order valence-corrected chi connectivity index (χ2v) is 13.1. The second-order valence-electron chi connectivity index (χ2n) is 13.1. The molecule has 4 N–H and O–H groups in total. The molecular weight excluding hydrogens is 568 g/mol. The number of imidazole rings is 1. The zero-order valence-electron chi connectivity index (χ0n) is 27.2. The van der Waals surface area contributed by atoms with E-state index in [-0.39, 0.29) is 23.3 Å². The number of piperidine rings is 1. The van der Waals surface area contributed by atoms with Crippen molar-refractivity contribution >= 4 is 41.0 Å². The van der Waals surface area contributed by atoms with Gasteiger partial charge in [0.25, 0.3) is 5.91 Å². The van der Waals surface area contributed by atoms with Gasteiger partial charge in [0.2, 0.25) is 23.6 Å². The molecule has 2 amide bonds. The van der Waals surface area contributed by atoms with Crippen LogP contribution in [-0.4, -0.2) is 88.3 Å².